The number of nitrogen functional groups attached to an aromatic ring is 1. The van der Waals surface area contributed by atoms with Gasteiger partial charge in [0.05, 0.1) is 10.6 Å². The number of rotatable bonds is 9. The van der Waals surface area contributed by atoms with Gasteiger partial charge in [-0.1, -0.05) is 37.7 Å². The molecule has 1 heterocycles. The Balaban J connectivity index is 1.74. The number of sulfonamides is 1. The van der Waals surface area contributed by atoms with Gasteiger partial charge in [0, 0.05) is 30.4 Å². The summed E-state index contributed by atoms with van der Waals surface area (Å²) in [5, 5.41) is 10.5. The average Bonchev–Trinajstić information content (AvgIpc) is 3.12. The van der Waals surface area contributed by atoms with Gasteiger partial charge in [-0.2, -0.15) is 4.31 Å². The van der Waals surface area contributed by atoms with E-state index >= 15 is 0 Å². The van der Waals surface area contributed by atoms with Crippen molar-refractivity contribution in [2.45, 2.75) is 23.9 Å². The van der Waals surface area contributed by atoms with E-state index in [1.807, 2.05) is 0 Å². The quantitative estimate of drug-likeness (QED) is 0.345. The molecule has 0 bridgehead atoms. The number of nitrogens with one attached hydrogen (secondary N) is 1. The highest BCUT2D eigenvalue weighted by atomic mass is 32.2. The number of thioether (sulfide) groups is 1. The van der Waals surface area contributed by atoms with E-state index < -0.39 is 27.6 Å². The predicted molar refractivity (Wildman–Crippen MR) is 121 cm³/mol. The molecule has 0 spiro atoms. The molecule has 0 atom stereocenters. The molecule has 3 N–H and O–H groups in total. The Morgan fingerprint density at radius 3 is 2.42 bits per heavy atom. The Labute approximate surface area is 194 Å². The molecule has 0 radical (unpaired) electrons. The monoisotopic (exact) mass is 496 g/mol. The minimum Gasteiger partial charge on any atom is -0.335 e. The van der Waals surface area contributed by atoms with Gasteiger partial charge in [0.15, 0.2) is 5.82 Å². The lowest BCUT2D eigenvalue weighted by molar-refractivity contribution is -0.113. The van der Waals surface area contributed by atoms with Crippen molar-refractivity contribution in [1.29, 1.82) is 0 Å². The average molecular weight is 497 g/mol. The SMILES string of the molecule is CCN(CC)S(=O)(=O)c1cccc(-c2nnc(SCC(=O)Nc3cc(F)cc(F)c3)n2N)c1. The third kappa shape index (κ3) is 5.67. The lowest BCUT2D eigenvalue weighted by Gasteiger charge is -2.18. The number of hydrogen-bond acceptors (Lipinski definition) is 7. The van der Waals surface area contributed by atoms with Crippen molar-refractivity contribution >= 4 is 33.4 Å². The fourth-order valence-corrected chi connectivity index (χ4v) is 5.19. The van der Waals surface area contributed by atoms with Gasteiger partial charge in [-0.15, -0.1) is 10.2 Å². The van der Waals surface area contributed by atoms with Gasteiger partial charge >= 0.3 is 0 Å². The predicted octanol–water partition coefficient (Wildman–Crippen LogP) is 2.70. The highest BCUT2D eigenvalue weighted by Crippen LogP contribution is 2.25. The number of halogens is 2. The van der Waals surface area contributed by atoms with E-state index in [1.54, 1.807) is 26.0 Å². The summed E-state index contributed by atoms with van der Waals surface area (Å²) in [6.07, 6.45) is 0. The van der Waals surface area contributed by atoms with Gasteiger partial charge < -0.3 is 11.2 Å². The van der Waals surface area contributed by atoms with E-state index in [-0.39, 0.29) is 27.3 Å². The zero-order valence-corrected chi connectivity index (χ0v) is 19.5. The fourth-order valence-electron chi connectivity index (χ4n) is 3.03. The van der Waals surface area contributed by atoms with Crippen LogP contribution in [0.4, 0.5) is 14.5 Å². The summed E-state index contributed by atoms with van der Waals surface area (Å²) in [7, 11) is -3.67. The summed E-state index contributed by atoms with van der Waals surface area (Å²) in [5.41, 5.74) is 0.420. The Hall–Kier alpha value is -3.03. The van der Waals surface area contributed by atoms with Gasteiger partial charge in [-0.05, 0) is 24.3 Å². The molecule has 0 saturated carbocycles. The van der Waals surface area contributed by atoms with Crippen molar-refractivity contribution < 1.29 is 22.0 Å². The molecule has 9 nitrogen and oxygen atoms in total. The number of carbonyl (C=O) groups is 1. The number of nitrogens with two attached hydrogens (primary N) is 1. The molecule has 176 valence electrons. The molecule has 0 fully saturated rings. The third-order valence-corrected chi connectivity index (χ3v) is 7.57. The third-order valence-electron chi connectivity index (χ3n) is 4.58. The first-order valence-corrected chi connectivity index (χ1v) is 12.3. The van der Waals surface area contributed by atoms with Gasteiger partial charge in [-0.3, -0.25) is 4.79 Å². The Kier molecular flexibility index (Phi) is 7.66. The molecule has 0 aliphatic heterocycles. The van der Waals surface area contributed by atoms with Gasteiger partial charge in [0.25, 0.3) is 0 Å². The molecule has 0 saturated heterocycles. The highest BCUT2D eigenvalue weighted by Gasteiger charge is 2.23. The van der Waals surface area contributed by atoms with Crippen molar-refractivity contribution in [3.05, 3.63) is 54.1 Å². The zero-order chi connectivity index (χ0) is 24.2. The first-order valence-electron chi connectivity index (χ1n) is 9.85. The van der Waals surface area contributed by atoms with Crippen LogP contribution in [0.25, 0.3) is 11.4 Å². The van der Waals surface area contributed by atoms with Crippen LogP contribution in [0.1, 0.15) is 13.8 Å². The van der Waals surface area contributed by atoms with Crippen LogP contribution >= 0.6 is 11.8 Å². The van der Waals surface area contributed by atoms with Gasteiger partial charge in [-0.25, -0.2) is 21.9 Å². The van der Waals surface area contributed by atoms with Crippen LogP contribution in [-0.2, 0) is 14.8 Å². The van der Waals surface area contributed by atoms with Crippen LogP contribution in [0.15, 0.2) is 52.5 Å². The van der Waals surface area contributed by atoms with Crippen LogP contribution in [-0.4, -0.2) is 52.3 Å². The topological polar surface area (TPSA) is 123 Å². The second kappa shape index (κ2) is 10.3. The lowest BCUT2D eigenvalue weighted by atomic mass is 10.2. The Morgan fingerprint density at radius 1 is 1.12 bits per heavy atom. The zero-order valence-electron chi connectivity index (χ0n) is 17.8. The standard InChI is InChI=1S/C20H22F2N6O3S2/c1-3-27(4-2)33(30,31)17-7-5-6-13(8-17)19-25-26-20(28(19)23)32-12-18(29)24-16-10-14(21)9-15(22)11-16/h5-11H,3-4,12,23H2,1-2H3,(H,24,29). The van der Waals surface area contributed by atoms with E-state index in [4.69, 9.17) is 5.84 Å². The summed E-state index contributed by atoms with van der Waals surface area (Å²) < 4.78 is 54.6. The largest absolute Gasteiger partial charge is 0.335 e. The molecular weight excluding hydrogens is 474 g/mol. The number of nitrogens with zero attached hydrogens (tertiary/aromatic N) is 4. The smallest absolute Gasteiger partial charge is 0.243 e. The molecule has 2 aromatic carbocycles. The van der Waals surface area contributed by atoms with Crippen molar-refractivity contribution in [3.63, 3.8) is 0 Å². The van der Waals surface area contributed by atoms with Crippen LogP contribution < -0.4 is 11.2 Å². The maximum Gasteiger partial charge on any atom is 0.243 e. The molecule has 3 rings (SSSR count). The molecule has 0 unspecified atom stereocenters. The van der Waals surface area contributed by atoms with E-state index in [0.717, 1.165) is 28.6 Å². The van der Waals surface area contributed by atoms with E-state index in [1.165, 1.54) is 16.4 Å². The molecule has 3 aromatic rings. The van der Waals surface area contributed by atoms with Crippen LogP contribution in [0.3, 0.4) is 0 Å². The Morgan fingerprint density at radius 2 is 1.79 bits per heavy atom. The lowest BCUT2D eigenvalue weighted by Crippen LogP contribution is -2.30. The summed E-state index contributed by atoms with van der Waals surface area (Å²) in [5.74, 6) is 3.98. The van der Waals surface area contributed by atoms with E-state index in [2.05, 4.69) is 15.5 Å². The second-order valence-corrected chi connectivity index (χ2v) is 9.67. The molecule has 1 aromatic heterocycles. The first-order chi connectivity index (χ1) is 15.6. The van der Waals surface area contributed by atoms with E-state index in [9.17, 15) is 22.0 Å². The first kappa shape index (κ1) is 24.6. The Bertz CT molecular complexity index is 1240. The minimum atomic E-state index is -3.67. The fraction of sp³-hybridized carbons (Fsp3) is 0.250. The van der Waals surface area contributed by atoms with Gasteiger partial charge in [0.1, 0.15) is 11.6 Å². The number of anilines is 1. The molecule has 0 aliphatic carbocycles. The molecular formula is C20H22F2N6O3S2. The summed E-state index contributed by atoms with van der Waals surface area (Å²) >= 11 is 0.959. The molecule has 1 amide bonds. The van der Waals surface area contributed by atoms with Gasteiger partial charge in [0.2, 0.25) is 21.1 Å². The summed E-state index contributed by atoms with van der Waals surface area (Å²) in [4.78, 5) is 12.2. The van der Waals surface area contributed by atoms with Crippen molar-refractivity contribution in [2.24, 2.45) is 0 Å². The number of benzene rings is 2. The molecule has 33 heavy (non-hydrogen) atoms. The number of carbonyl (C=O) groups excluding carboxylic acids is 1. The van der Waals surface area contributed by atoms with Crippen LogP contribution in [0.5, 0.6) is 0 Å². The number of amides is 1. The molecule has 13 heteroatoms. The van der Waals surface area contributed by atoms with Crippen LogP contribution in [0.2, 0.25) is 0 Å². The second-order valence-electron chi connectivity index (χ2n) is 6.79. The maximum atomic E-state index is 13.3. The molecule has 0 aliphatic rings. The summed E-state index contributed by atoms with van der Waals surface area (Å²) in [6.45, 7) is 4.18. The van der Waals surface area contributed by atoms with Crippen molar-refractivity contribution in [3.8, 4) is 11.4 Å². The maximum absolute atomic E-state index is 13.3. The van der Waals surface area contributed by atoms with Crippen molar-refractivity contribution in [1.82, 2.24) is 19.2 Å². The normalized spacial score (nSPS) is 11.7. The number of hydrogen-bond donors (Lipinski definition) is 2. The minimum absolute atomic E-state index is 0.0146. The van der Waals surface area contributed by atoms with Crippen LogP contribution in [0, 0.1) is 11.6 Å². The highest BCUT2D eigenvalue weighted by molar-refractivity contribution is 7.99. The summed E-state index contributed by atoms with van der Waals surface area (Å²) in [6, 6.07) is 8.87. The number of aromatic nitrogens is 3. The van der Waals surface area contributed by atoms with E-state index in [0.29, 0.717) is 24.7 Å². The van der Waals surface area contributed by atoms with Crippen molar-refractivity contribution in [2.75, 3.05) is 30.0 Å².